The van der Waals surface area contributed by atoms with Crippen LogP contribution in [-0.4, -0.2) is 30.6 Å². The lowest BCUT2D eigenvalue weighted by molar-refractivity contribution is -0.142. The van der Waals surface area contributed by atoms with Crippen LogP contribution in [0.3, 0.4) is 0 Å². The Morgan fingerprint density at radius 3 is 3.00 bits per heavy atom. The lowest BCUT2D eigenvalue weighted by Gasteiger charge is -2.28. The third-order valence-electron chi connectivity index (χ3n) is 3.29. The van der Waals surface area contributed by atoms with Crippen LogP contribution in [0.4, 0.5) is 0 Å². The molecule has 2 rings (SSSR count). The van der Waals surface area contributed by atoms with E-state index in [2.05, 4.69) is 10.3 Å². The van der Waals surface area contributed by atoms with Crippen molar-refractivity contribution < 1.29 is 9.53 Å². The van der Waals surface area contributed by atoms with Gasteiger partial charge in [0.1, 0.15) is 0 Å². The predicted molar refractivity (Wildman–Crippen MR) is 64.6 cm³/mol. The van der Waals surface area contributed by atoms with E-state index in [0.29, 0.717) is 12.6 Å². The van der Waals surface area contributed by atoms with Gasteiger partial charge in [-0.05, 0) is 24.5 Å². The summed E-state index contributed by atoms with van der Waals surface area (Å²) in [6.07, 6.45) is 7.14. The molecule has 1 aromatic rings. The molecule has 17 heavy (non-hydrogen) atoms. The predicted octanol–water partition coefficient (Wildman–Crippen LogP) is 1.48. The van der Waals surface area contributed by atoms with Crippen molar-refractivity contribution in [3.05, 3.63) is 30.1 Å². The molecule has 0 radical (unpaired) electrons. The van der Waals surface area contributed by atoms with Gasteiger partial charge in [0, 0.05) is 25.0 Å². The molecule has 1 aliphatic carbocycles. The molecule has 1 atom stereocenters. The van der Waals surface area contributed by atoms with Crippen LogP contribution < -0.4 is 5.32 Å². The fourth-order valence-corrected chi connectivity index (χ4v) is 1.96. The monoisotopic (exact) mass is 234 g/mol. The average Bonchev–Trinajstić information content (AvgIpc) is 2.32. The van der Waals surface area contributed by atoms with Crippen molar-refractivity contribution in [1.29, 1.82) is 0 Å². The van der Waals surface area contributed by atoms with Crippen LogP contribution in [0.5, 0.6) is 0 Å². The molecule has 4 heteroatoms. The highest BCUT2D eigenvalue weighted by Gasteiger charge is 2.24. The van der Waals surface area contributed by atoms with E-state index in [1.54, 1.807) is 12.4 Å². The number of nitrogens with one attached hydrogen (secondary N) is 1. The molecular weight excluding hydrogens is 216 g/mol. The molecule has 1 heterocycles. The first kappa shape index (κ1) is 12.0. The molecule has 1 unspecified atom stereocenters. The number of rotatable bonds is 5. The van der Waals surface area contributed by atoms with Gasteiger partial charge in [0.2, 0.25) is 0 Å². The van der Waals surface area contributed by atoms with Crippen LogP contribution in [0, 0.1) is 0 Å². The van der Waals surface area contributed by atoms with Crippen LogP contribution in [-0.2, 0) is 9.53 Å². The molecule has 1 fully saturated rings. The lowest BCUT2D eigenvalue weighted by Crippen LogP contribution is -2.39. The Morgan fingerprint density at radius 1 is 1.65 bits per heavy atom. The summed E-state index contributed by atoms with van der Waals surface area (Å²) in [6, 6.07) is 4.32. The van der Waals surface area contributed by atoms with Crippen LogP contribution in [0.15, 0.2) is 24.5 Å². The molecular formula is C13H18N2O2. The Balaban J connectivity index is 1.99. The third kappa shape index (κ3) is 3.03. The van der Waals surface area contributed by atoms with Crippen LogP contribution in [0.25, 0.3) is 0 Å². The van der Waals surface area contributed by atoms with Crippen molar-refractivity contribution in [3.8, 4) is 0 Å². The maximum Gasteiger partial charge on any atom is 0.314 e. The molecule has 1 aliphatic rings. The van der Waals surface area contributed by atoms with Crippen molar-refractivity contribution in [3.63, 3.8) is 0 Å². The van der Waals surface area contributed by atoms with Crippen molar-refractivity contribution >= 4 is 5.97 Å². The zero-order valence-electron chi connectivity index (χ0n) is 10.1. The molecule has 0 spiro atoms. The van der Waals surface area contributed by atoms with Gasteiger partial charge >= 0.3 is 5.97 Å². The SMILES string of the molecule is COC(=O)C(CNC1CCC1)c1cccnc1. The van der Waals surface area contributed by atoms with Gasteiger partial charge in [-0.15, -0.1) is 0 Å². The first-order chi connectivity index (χ1) is 8.31. The Bertz CT molecular complexity index is 363. The Morgan fingerprint density at radius 2 is 2.47 bits per heavy atom. The topological polar surface area (TPSA) is 51.2 Å². The smallest absolute Gasteiger partial charge is 0.314 e. The molecule has 92 valence electrons. The maximum absolute atomic E-state index is 11.7. The molecule has 1 N–H and O–H groups in total. The summed E-state index contributed by atoms with van der Waals surface area (Å²) >= 11 is 0. The Kier molecular flexibility index (Phi) is 4.09. The van der Waals surface area contributed by atoms with E-state index < -0.39 is 0 Å². The standard InChI is InChI=1S/C13H18N2O2/c1-17-13(16)12(9-15-11-5-2-6-11)10-4-3-7-14-8-10/h3-4,7-8,11-12,15H,2,5-6,9H2,1H3. The number of aromatic nitrogens is 1. The van der Waals surface area contributed by atoms with E-state index in [4.69, 9.17) is 4.74 Å². The van der Waals surface area contributed by atoms with Crippen molar-refractivity contribution in [2.24, 2.45) is 0 Å². The minimum absolute atomic E-state index is 0.204. The van der Waals surface area contributed by atoms with Crippen molar-refractivity contribution in [1.82, 2.24) is 10.3 Å². The summed E-state index contributed by atoms with van der Waals surface area (Å²) in [7, 11) is 1.43. The van der Waals surface area contributed by atoms with Gasteiger partial charge in [-0.2, -0.15) is 0 Å². The fourth-order valence-electron chi connectivity index (χ4n) is 1.96. The number of nitrogens with zero attached hydrogens (tertiary/aromatic N) is 1. The molecule has 1 aromatic heterocycles. The van der Waals surface area contributed by atoms with E-state index in [9.17, 15) is 4.79 Å². The molecule has 0 saturated heterocycles. The summed E-state index contributed by atoms with van der Waals surface area (Å²) in [5.41, 5.74) is 0.908. The number of carbonyl (C=O) groups excluding carboxylic acids is 1. The summed E-state index contributed by atoms with van der Waals surface area (Å²) in [5.74, 6) is -0.459. The minimum Gasteiger partial charge on any atom is -0.469 e. The van der Waals surface area contributed by atoms with Gasteiger partial charge in [0.15, 0.2) is 0 Å². The van der Waals surface area contributed by atoms with E-state index in [-0.39, 0.29) is 11.9 Å². The van der Waals surface area contributed by atoms with E-state index in [1.807, 2.05) is 12.1 Å². The normalized spacial score (nSPS) is 17.2. The van der Waals surface area contributed by atoms with Crippen LogP contribution in [0.2, 0.25) is 0 Å². The number of methoxy groups -OCH3 is 1. The van der Waals surface area contributed by atoms with Crippen molar-refractivity contribution in [2.45, 2.75) is 31.2 Å². The fraction of sp³-hybridized carbons (Fsp3) is 0.538. The molecule has 0 bridgehead atoms. The number of carbonyl (C=O) groups is 1. The highest BCUT2D eigenvalue weighted by atomic mass is 16.5. The number of ether oxygens (including phenoxy) is 1. The van der Waals surface area contributed by atoms with Crippen molar-refractivity contribution in [2.75, 3.05) is 13.7 Å². The summed E-state index contributed by atoms with van der Waals surface area (Å²) in [6.45, 7) is 0.628. The second-order valence-corrected chi connectivity index (χ2v) is 4.40. The van der Waals surface area contributed by atoms with Crippen LogP contribution in [0.1, 0.15) is 30.7 Å². The number of hydrogen-bond donors (Lipinski definition) is 1. The molecule has 4 nitrogen and oxygen atoms in total. The Labute approximate surface area is 101 Å². The maximum atomic E-state index is 11.7. The van der Waals surface area contributed by atoms with E-state index in [0.717, 1.165) is 5.56 Å². The average molecular weight is 234 g/mol. The van der Waals surface area contributed by atoms with E-state index in [1.165, 1.54) is 26.4 Å². The first-order valence-corrected chi connectivity index (χ1v) is 6.02. The van der Waals surface area contributed by atoms with Gasteiger partial charge in [0.25, 0.3) is 0 Å². The summed E-state index contributed by atoms with van der Waals surface area (Å²) in [5, 5.41) is 3.40. The highest BCUT2D eigenvalue weighted by Crippen LogP contribution is 2.20. The summed E-state index contributed by atoms with van der Waals surface area (Å²) < 4.78 is 4.84. The molecule has 0 aliphatic heterocycles. The number of hydrogen-bond acceptors (Lipinski definition) is 4. The number of pyridine rings is 1. The second-order valence-electron chi connectivity index (χ2n) is 4.40. The number of esters is 1. The quantitative estimate of drug-likeness (QED) is 0.784. The van der Waals surface area contributed by atoms with Gasteiger partial charge in [-0.25, -0.2) is 0 Å². The molecule has 0 amide bonds. The lowest BCUT2D eigenvalue weighted by atomic mass is 9.92. The van der Waals surface area contributed by atoms with Gasteiger partial charge in [0.05, 0.1) is 13.0 Å². The zero-order chi connectivity index (χ0) is 12.1. The summed E-state index contributed by atoms with van der Waals surface area (Å²) in [4.78, 5) is 15.8. The van der Waals surface area contributed by atoms with Gasteiger partial charge in [-0.1, -0.05) is 12.5 Å². The van der Waals surface area contributed by atoms with Gasteiger partial charge < -0.3 is 10.1 Å². The second kappa shape index (κ2) is 5.77. The third-order valence-corrected chi connectivity index (χ3v) is 3.29. The molecule has 0 aromatic carbocycles. The minimum atomic E-state index is -0.255. The largest absolute Gasteiger partial charge is 0.469 e. The first-order valence-electron chi connectivity index (χ1n) is 6.02. The highest BCUT2D eigenvalue weighted by molar-refractivity contribution is 5.78. The van der Waals surface area contributed by atoms with Gasteiger partial charge in [-0.3, -0.25) is 9.78 Å². The van der Waals surface area contributed by atoms with Crippen LogP contribution >= 0.6 is 0 Å². The molecule has 1 saturated carbocycles. The van der Waals surface area contributed by atoms with E-state index >= 15 is 0 Å². The zero-order valence-corrected chi connectivity index (χ0v) is 10.1. The Hall–Kier alpha value is -1.42.